The lowest BCUT2D eigenvalue weighted by Crippen LogP contribution is -2.14. The molecular formula is C24H27ClN8O5S. The molecule has 0 saturated carbocycles. The summed E-state index contributed by atoms with van der Waals surface area (Å²) in [5.41, 5.74) is 19.0. The number of nitrogens with zero attached hydrogens (tertiary/aromatic N) is 4. The summed E-state index contributed by atoms with van der Waals surface area (Å²) in [5, 5.41) is 7.33. The fourth-order valence-corrected chi connectivity index (χ4v) is 4.34. The maximum absolute atomic E-state index is 11.9. The molecule has 0 unspecified atom stereocenters. The van der Waals surface area contributed by atoms with Gasteiger partial charge in [0, 0.05) is 23.9 Å². The normalized spacial score (nSPS) is 10.7. The number of benzene rings is 2. The maximum atomic E-state index is 11.9. The quantitative estimate of drug-likeness (QED) is 0.224. The van der Waals surface area contributed by atoms with Crippen molar-refractivity contribution in [2.45, 2.75) is 11.3 Å². The number of ether oxygens (including phenoxy) is 3. The van der Waals surface area contributed by atoms with Gasteiger partial charge in [-0.05, 0) is 54.1 Å². The minimum absolute atomic E-state index is 0.0912. The molecule has 13 nitrogen and oxygen atoms in total. The van der Waals surface area contributed by atoms with Crippen molar-refractivity contribution in [1.82, 2.24) is 20.2 Å². The second-order valence-electron chi connectivity index (χ2n) is 7.76. The molecule has 0 fully saturated rings. The molecular weight excluding hydrogens is 548 g/mol. The molecule has 0 aliphatic rings. The molecule has 0 aliphatic heterocycles. The number of hydrogen-bond acceptors (Lipinski definition) is 12. The Kier molecular flexibility index (Phi) is 9.52. The van der Waals surface area contributed by atoms with Crippen LogP contribution in [0.2, 0.25) is 5.15 Å². The van der Waals surface area contributed by atoms with Crippen molar-refractivity contribution in [3.8, 4) is 17.2 Å². The Labute approximate surface area is 230 Å². The molecule has 0 saturated heterocycles. The summed E-state index contributed by atoms with van der Waals surface area (Å²) in [6, 6.07) is 12.4. The number of nitrogens with one attached hydrogen (secondary N) is 1. The van der Waals surface area contributed by atoms with Crippen molar-refractivity contribution >= 4 is 44.9 Å². The van der Waals surface area contributed by atoms with Crippen LogP contribution in [0, 0.1) is 0 Å². The standard InChI is InChI=1S/C14H18N4O3.C10H9ClN4O2S/c1-19-10-5-8(6-11(20-2)12(10)21-3)4-9-7-17-14(16)18-13(9)15;11-9-5-6-10(14-13-9)15-18(16,17)8-3-1-7(12)2-4-8/h5-7H,4H2,1-3H3,(H4,15,16,17,18);1-6H,12H2,(H,14,15). The molecule has 0 spiro atoms. The molecule has 0 radical (unpaired) electrons. The Morgan fingerprint density at radius 2 is 1.54 bits per heavy atom. The van der Waals surface area contributed by atoms with Crippen LogP contribution in [0.5, 0.6) is 17.2 Å². The van der Waals surface area contributed by atoms with Crippen LogP contribution in [0.3, 0.4) is 0 Å². The summed E-state index contributed by atoms with van der Waals surface area (Å²) in [6.07, 6.45) is 2.14. The van der Waals surface area contributed by atoms with Gasteiger partial charge in [0.1, 0.15) is 5.82 Å². The molecule has 2 heterocycles. The predicted molar refractivity (Wildman–Crippen MR) is 148 cm³/mol. The van der Waals surface area contributed by atoms with E-state index in [9.17, 15) is 8.42 Å². The number of sulfonamides is 1. The molecule has 4 rings (SSSR count). The first-order valence-corrected chi connectivity index (χ1v) is 13.0. The molecule has 2 aromatic heterocycles. The number of rotatable bonds is 8. The third-order valence-corrected chi connectivity index (χ3v) is 6.67. The Morgan fingerprint density at radius 1 is 0.897 bits per heavy atom. The highest BCUT2D eigenvalue weighted by atomic mass is 35.5. The molecule has 15 heteroatoms. The summed E-state index contributed by atoms with van der Waals surface area (Å²) < 4.78 is 42.1. The second kappa shape index (κ2) is 12.8. The zero-order valence-electron chi connectivity index (χ0n) is 21.3. The third-order valence-electron chi connectivity index (χ3n) is 5.10. The van der Waals surface area contributed by atoms with Gasteiger partial charge in [0.25, 0.3) is 10.0 Å². The molecule has 0 amide bonds. The van der Waals surface area contributed by atoms with Gasteiger partial charge in [0.15, 0.2) is 22.5 Å². The van der Waals surface area contributed by atoms with Crippen molar-refractivity contribution in [2.24, 2.45) is 0 Å². The molecule has 0 atom stereocenters. The number of methoxy groups -OCH3 is 3. The molecule has 2 aromatic carbocycles. The van der Waals surface area contributed by atoms with Crippen LogP contribution in [-0.2, 0) is 16.4 Å². The van der Waals surface area contributed by atoms with Crippen molar-refractivity contribution in [3.05, 3.63) is 71.0 Å². The van der Waals surface area contributed by atoms with E-state index < -0.39 is 10.0 Å². The van der Waals surface area contributed by atoms with E-state index in [2.05, 4.69) is 24.9 Å². The Balaban J connectivity index is 0.000000218. The minimum Gasteiger partial charge on any atom is -0.493 e. The van der Waals surface area contributed by atoms with Gasteiger partial charge >= 0.3 is 0 Å². The SMILES string of the molecule is COc1cc(Cc2cnc(N)nc2N)cc(OC)c1OC.Nc1ccc(S(=O)(=O)Nc2ccc(Cl)nn2)cc1. The van der Waals surface area contributed by atoms with E-state index in [1.54, 1.807) is 27.5 Å². The average molecular weight is 575 g/mol. The topological polar surface area (TPSA) is 203 Å². The zero-order valence-corrected chi connectivity index (χ0v) is 22.8. The Bertz CT molecular complexity index is 1500. The smallest absolute Gasteiger partial charge is 0.263 e. The molecule has 39 heavy (non-hydrogen) atoms. The van der Waals surface area contributed by atoms with Crippen molar-refractivity contribution < 1.29 is 22.6 Å². The fraction of sp³-hybridized carbons (Fsp3) is 0.167. The largest absolute Gasteiger partial charge is 0.493 e. The molecule has 206 valence electrons. The van der Waals surface area contributed by atoms with Crippen LogP contribution in [0.4, 0.5) is 23.3 Å². The summed E-state index contributed by atoms with van der Waals surface area (Å²) >= 11 is 5.55. The fourth-order valence-electron chi connectivity index (χ4n) is 3.24. The Morgan fingerprint density at radius 3 is 2.05 bits per heavy atom. The second-order valence-corrected chi connectivity index (χ2v) is 9.83. The van der Waals surface area contributed by atoms with Crippen molar-refractivity contribution in [2.75, 3.05) is 43.3 Å². The number of nitrogens with two attached hydrogens (primary N) is 3. The van der Waals surface area contributed by atoms with Gasteiger partial charge in [-0.3, -0.25) is 4.72 Å². The highest BCUT2D eigenvalue weighted by molar-refractivity contribution is 7.92. The van der Waals surface area contributed by atoms with Crippen LogP contribution in [0.15, 0.2) is 59.6 Å². The summed E-state index contributed by atoms with van der Waals surface area (Å²) in [4.78, 5) is 7.99. The van der Waals surface area contributed by atoms with Crippen molar-refractivity contribution in [3.63, 3.8) is 0 Å². The molecule has 0 bridgehead atoms. The monoisotopic (exact) mass is 574 g/mol. The minimum atomic E-state index is -3.69. The van der Waals surface area contributed by atoms with Gasteiger partial charge in [-0.2, -0.15) is 4.98 Å². The van der Waals surface area contributed by atoms with E-state index in [0.29, 0.717) is 35.2 Å². The van der Waals surface area contributed by atoms with E-state index in [-0.39, 0.29) is 21.8 Å². The molecule has 0 aliphatic carbocycles. The van der Waals surface area contributed by atoms with E-state index in [0.717, 1.165) is 11.1 Å². The predicted octanol–water partition coefficient (Wildman–Crippen LogP) is 2.77. The summed E-state index contributed by atoms with van der Waals surface area (Å²) in [5.74, 6) is 2.32. The van der Waals surface area contributed by atoms with E-state index in [4.69, 9.17) is 43.0 Å². The van der Waals surface area contributed by atoms with Gasteiger partial charge in [-0.1, -0.05) is 11.6 Å². The van der Waals surface area contributed by atoms with E-state index >= 15 is 0 Å². The lowest BCUT2D eigenvalue weighted by molar-refractivity contribution is 0.324. The number of aromatic nitrogens is 4. The van der Waals surface area contributed by atoms with Gasteiger partial charge in [0.05, 0.1) is 26.2 Å². The van der Waals surface area contributed by atoms with Crippen LogP contribution in [-0.4, -0.2) is 49.9 Å². The Hall–Kier alpha value is -4.56. The summed E-state index contributed by atoms with van der Waals surface area (Å²) in [6.45, 7) is 0. The van der Waals surface area contributed by atoms with Crippen molar-refractivity contribution in [1.29, 1.82) is 0 Å². The van der Waals surface area contributed by atoms with Gasteiger partial charge in [-0.25, -0.2) is 13.4 Å². The first-order valence-electron chi connectivity index (χ1n) is 11.1. The lowest BCUT2D eigenvalue weighted by atomic mass is 10.1. The van der Waals surface area contributed by atoms with Gasteiger partial charge in [0.2, 0.25) is 11.7 Å². The zero-order chi connectivity index (χ0) is 28.6. The van der Waals surface area contributed by atoms with Crippen LogP contribution in [0.1, 0.15) is 11.1 Å². The summed E-state index contributed by atoms with van der Waals surface area (Å²) in [7, 11) is 1.01. The van der Waals surface area contributed by atoms with Gasteiger partial charge < -0.3 is 31.4 Å². The van der Waals surface area contributed by atoms with E-state index in [1.165, 1.54) is 36.4 Å². The number of halogens is 1. The number of anilines is 4. The van der Waals surface area contributed by atoms with Crippen LogP contribution >= 0.6 is 11.6 Å². The number of nitrogen functional groups attached to an aromatic ring is 3. The van der Waals surface area contributed by atoms with Crippen LogP contribution < -0.4 is 36.1 Å². The maximum Gasteiger partial charge on any atom is 0.263 e. The molecule has 7 N–H and O–H groups in total. The molecule has 4 aromatic rings. The first kappa shape index (κ1) is 29.0. The first-order chi connectivity index (χ1) is 18.6. The number of hydrogen-bond donors (Lipinski definition) is 4. The third kappa shape index (κ3) is 7.72. The van der Waals surface area contributed by atoms with Gasteiger partial charge in [-0.15, -0.1) is 10.2 Å². The van der Waals surface area contributed by atoms with Crippen LogP contribution in [0.25, 0.3) is 0 Å². The lowest BCUT2D eigenvalue weighted by Gasteiger charge is -2.14. The average Bonchev–Trinajstić information content (AvgIpc) is 2.91. The van der Waals surface area contributed by atoms with E-state index in [1.807, 2.05) is 12.1 Å². The highest BCUT2D eigenvalue weighted by Gasteiger charge is 2.15. The highest BCUT2D eigenvalue weighted by Crippen LogP contribution is 2.38.